The molecule has 0 spiro atoms. The van der Waals surface area contributed by atoms with Crippen LogP contribution < -0.4 is 10.5 Å². The van der Waals surface area contributed by atoms with E-state index in [4.69, 9.17) is 15.2 Å². The third-order valence-electron chi connectivity index (χ3n) is 3.48. The third-order valence-corrected chi connectivity index (χ3v) is 3.48. The zero-order valence-electron chi connectivity index (χ0n) is 13.4. The predicted octanol–water partition coefficient (Wildman–Crippen LogP) is 2.00. The molecule has 0 unspecified atom stereocenters. The molecule has 7 nitrogen and oxygen atoms in total. The number of nitrogens with two attached hydrogens (primary N) is 1. The SMILES string of the molecule is COCCOc1ccc(Cn2cc(-c3cccnc3N)nn2)cc1. The van der Waals surface area contributed by atoms with Crippen LogP contribution in [0.3, 0.4) is 0 Å². The van der Waals surface area contributed by atoms with E-state index in [2.05, 4.69) is 15.3 Å². The van der Waals surface area contributed by atoms with Crippen molar-refractivity contribution in [3.63, 3.8) is 0 Å². The van der Waals surface area contributed by atoms with Crippen molar-refractivity contribution in [2.45, 2.75) is 6.54 Å². The highest BCUT2D eigenvalue weighted by Gasteiger charge is 2.08. The van der Waals surface area contributed by atoms with Gasteiger partial charge in [0.15, 0.2) is 0 Å². The van der Waals surface area contributed by atoms with Crippen LogP contribution in [0.1, 0.15) is 5.56 Å². The molecule has 0 radical (unpaired) electrons. The number of benzene rings is 1. The molecule has 0 aliphatic heterocycles. The summed E-state index contributed by atoms with van der Waals surface area (Å²) < 4.78 is 12.3. The van der Waals surface area contributed by atoms with E-state index >= 15 is 0 Å². The maximum absolute atomic E-state index is 5.87. The molecule has 2 heterocycles. The lowest BCUT2D eigenvalue weighted by Gasteiger charge is -2.06. The number of aromatic nitrogens is 4. The Morgan fingerprint density at radius 2 is 1.96 bits per heavy atom. The number of ether oxygens (including phenoxy) is 2. The Kier molecular flexibility index (Phi) is 5.02. The zero-order chi connectivity index (χ0) is 16.8. The maximum Gasteiger partial charge on any atom is 0.132 e. The standard InChI is InChI=1S/C17H19N5O2/c1-23-9-10-24-14-6-4-13(5-7-14)11-22-12-16(20-21-22)15-3-2-8-19-17(15)18/h2-8,12H,9-11H2,1H3,(H2,18,19). The van der Waals surface area contributed by atoms with Crippen LogP contribution in [0.4, 0.5) is 5.82 Å². The molecule has 124 valence electrons. The van der Waals surface area contributed by atoms with Gasteiger partial charge in [0, 0.05) is 18.9 Å². The van der Waals surface area contributed by atoms with Crippen LogP contribution in [-0.4, -0.2) is 40.3 Å². The Bertz CT molecular complexity index is 786. The van der Waals surface area contributed by atoms with Gasteiger partial charge in [-0.05, 0) is 29.8 Å². The van der Waals surface area contributed by atoms with Crippen LogP contribution in [-0.2, 0) is 11.3 Å². The Balaban J connectivity index is 1.65. The first-order valence-electron chi connectivity index (χ1n) is 7.58. The van der Waals surface area contributed by atoms with Gasteiger partial charge in [0.25, 0.3) is 0 Å². The van der Waals surface area contributed by atoms with Crippen molar-refractivity contribution in [1.29, 1.82) is 0 Å². The monoisotopic (exact) mass is 325 g/mol. The van der Waals surface area contributed by atoms with Gasteiger partial charge in [-0.1, -0.05) is 17.3 Å². The summed E-state index contributed by atoms with van der Waals surface area (Å²) in [5.41, 5.74) is 8.46. The highest BCUT2D eigenvalue weighted by atomic mass is 16.5. The van der Waals surface area contributed by atoms with Gasteiger partial charge < -0.3 is 15.2 Å². The molecule has 3 rings (SSSR count). The lowest BCUT2D eigenvalue weighted by molar-refractivity contribution is 0.146. The summed E-state index contributed by atoms with van der Waals surface area (Å²) in [6.45, 7) is 1.72. The largest absolute Gasteiger partial charge is 0.491 e. The second kappa shape index (κ2) is 7.56. The van der Waals surface area contributed by atoms with Gasteiger partial charge in [0.2, 0.25) is 0 Å². The maximum atomic E-state index is 5.87. The number of nitrogen functional groups attached to an aromatic ring is 1. The highest BCUT2D eigenvalue weighted by Crippen LogP contribution is 2.21. The summed E-state index contributed by atoms with van der Waals surface area (Å²) >= 11 is 0. The molecule has 0 amide bonds. The first-order chi connectivity index (χ1) is 11.8. The number of hydrogen-bond donors (Lipinski definition) is 1. The summed E-state index contributed by atoms with van der Waals surface area (Å²) in [5, 5.41) is 8.31. The topological polar surface area (TPSA) is 88.1 Å². The molecule has 1 aromatic carbocycles. The van der Waals surface area contributed by atoms with E-state index in [0.29, 0.717) is 31.3 Å². The van der Waals surface area contributed by atoms with Crippen molar-refractivity contribution in [2.75, 3.05) is 26.1 Å². The second-order valence-corrected chi connectivity index (χ2v) is 5.22. The number of anilines is 1. The normalized spacial score (nSPS) is 10.7. The fourth-order valence-corrected chi connectivity index (χ4v) is 2.25. The fourth-order valence-electron chi connectivity index (χ4n) is 2.25. The molecule has 2 N–H and O–H groups in total. The Hall–Kier alpha value is -2.93. The van der Waals surface area contributed by atoms with Gasteiger partial charge in [-0.3, -0.25) is 0 Å². The molecular weight excluding hydrogens is 306 g/mol. The number of rotatable bonds is 7. The fraction of sp³-hybridized carbons (Fsp3) is 0.235. The summed E-state index contributed by atoms with van der Waals surface area (Å²) in [7, 11) is 1.65. The van der Waals surface area contributed by atoms with E-state index in [0.717, 1.165) is 16.9 Å². The number of pyridine rings is 1. The molecule has 3 aromatic rings. The number of hydrogen-bond acceptors (Lipinski definition) is 6. The van der Waals surface area contributed by atoms with Crippen LogP contribution in [0, 0.1) is 0 Å². The molecule has 0 saturated heterocycles. The van der Waals surface area contributed by atoms with E-state index in [1.165, 1.54) is 0 Å². The van der Waals surface area contributed by atoms with Crippen LogP contribution in [0.5, 0.6) is 5.75 Å². The minimum atomic E-state index is 0.446. The molecule has 0 aliphatic rings. The smallest absolute Gasteiger partial charge is 0.132 e. The molecule has 0 fully saturated rings. The van der Waals surface area contributed by atoms with Gasteiger partial charge >= 0.3 is 0 Å². The highest BCUT2D eigenvalue weighted by molar-refractivity contribution is 5.69. The Labute approximate surface area is 140 Å². The second-order valence-electron chi connectivity index (χ2n) is 5.22. The number of methoxy groups -OCH3 is 1. The minimum absolute atomic E-state index is 0.446. The molecule has 0 atom stereocenters. The summed E-state index contributed by atoms with van der Waals surface area (Å²) in [4.78, 5) is 4.07. The zero-order valence-corrected chi connectivity index (χ0v) is 13.4. The lowest BCUT2D eigenvalue weighted by Crippen LogP contribution is -2.04. The van der Waals surface area contributed by atoms with Gasteiger partial charge in [-0.2, -0.15) is 0 Å². The quantitative estimate of drug-likeness (QED) is 0.668. The summed E-state index contributed by atoms with van der Waals surface area (Å²) in [6, 6.07) is 11.6. The molecule has 7 heteroatoms. The van der Waals surface area contributed by atoms with Crippen LogP contribution in [0.15, 0.2) is 48.8 Å². The van der Waals surface area contributed by atoms with Gasteiger partial charge in [0.1, 0.15) is 23.9 Å². The van der Waals surface area contributed by atoms with Crippen LogP contribution in [0.2, 0.25) is 0 Å². The van der Waals surface area contributed by atoms with Crippen molar-refractivity contribution in [3.8, 4) is 17.0 Å². The Morgan fingerprint density at radius 3 is 2.71 bits per heavy atom. The summed E-state index contributed by atoms with van der Waals surface area (Å²) in [6.07, 6.45) is 3.51. The average Bonchev–Trinajstić information content (AvgIpc) is 3.05. The predicted molar refractivity (Wildman–Crippen MR) is 90.6 cm³/mol. The van der Waals surface area contributed by atoms with E-state index < -0.39 is 0 Å². The van der Waals surface area contributed by atoms with Crippen molar-refractivity contribution >= 4 is 5.82 Å². The molecule has 0 aliphatic carbocycles. The molecule has 24 heavy (non-hydrogen) atoms. The minimum Gasteiger partial charge on any atom is -0.491 e. The van der Waals surface area contributed by atoms with Crippen molar-refractivity contribution in [1.82, 2.24) is 20.0 Å². The van der Waals surface area contributed by atoms with E-state index in [1.807, 2.05) is 42.6 Å². The molecule has 0 bridgehead atoms. The molecule has 0 saturated carbocycles. The van der Waals surface area contributed by atoms with E-state index in [-0.39, 0.29) is 0 Å². The Morgan fingerprint density at radius 1 is 1.12 bits per heavy atom. The van der Waals surface area contributed by atoms with Crippen molar-refractivity contribution in [2.24, 2.45) is 0 Å². The van der Waals surface area contributed by atoms with Gasteiger partial charge in [-0.15, -0.1) is 5.10 Å². The third kappa shape index (κ3) is 3.88. The average molecular weight is 325 g/mol. The molecule has 2 aromatic heterocycles. The van der Waals surface area contributed by atoms with Crippen molar-refractivity contribution in [3.05, 3.63) is 54.4 Å². The molecular formula is C17H19N5O2. The summed E-state index contributed by atoms with van der Waals surface area (Å²) in [5.74, 6) is 1.26. The van der Waals surface area contributed by atoms with Gasteiger partial charge in [-0.25, -0.2) is 9.67 Å². The van der Waals surface area contributed by atoms with Gasteiger partial charge in [0.05, 0.1) is 19.3 Å². The van der Waals surface area contributed by atoms with Crippen molar-refractivity contribution < 1.29 is 9.47 Å². The van der Waals surface area contributed by atoms with Crippen LogP contribution in [0.25, 0.3) is 11.3 Å². The van der Waals surface area contributed by atoms with Crippen LogP contribution >= 0.6 is 0 Å². The first-order valence-corrected chi connectivity index (χ1v) is 7.58. The van der Waals surface area contributed by atoms with E-state index in [1.54, 1.807) is 18.0 Å². The lowest BCUT2D eigenvalue weighted by atomic mass is 10.2. The number of nitrogens with zero attached hydrogens (tertiary/aromatic N) is 4. The first kappa shape index (κ1) is 15.9. The van der Waals surface area contributed by atoms with E-state index in [9.17, 15) is 0 Å².